The van der Waals surface area contributed by atoms with Crippen LogP contribution >= 0.6 is 24.0 Å². The molecule has 0 amide bonds. The molecule has 2 aromatic rings. The normalized spacial score (nSPS) is 15.1. The van der Waals surface area contributed by atoms with Gasteiger partial charge in [0.1, 0.15) is 5.82 Å². The number of aliphatic imine (C=N–C) groups is 1. The minimum absolute atomic E-state index is 0. The highest BCUT2D eigenvalue weighted by atomic mass is 127. The molecule has 7 heteroatoms. The summed E-state index contributed by atoms with van der Waals surface area (Å²) in [6, 6.07) is 14.6. The Morgan fingerprint density at radius 2 is 1.82 bits per heavy atom. The molecule has 1 aromatic carbocycles. The van der Waals surface area contributed by atoms with E-state index in [0.29, 0.717) is 6.54 Å². The number of benzene rings is 1. The second-order valence-electron chi connectivity index (χ2n) is 7.02. The standard InChI is InChI=1S/C21H30N6.HI/c1-22-21(26(3)17-18-8-5-4-6-9-18)24-16-19-10-7-11-23-20(19)27-14-12-25(2)13-15-27;/h4-11H,12-17H2,1-3H3,(H,22,24);1H. The van der Waals surface area contributed by atoms with Gasteiger partial charge in [-0.2, -0.15) is 0 Å². The number of likely N-dealkylation sites (N-methyl/N-ethyl adjacent to an activating group) is 1. The first-order chi connectivity index (χ1) is 13.2. The molecule has 28 heavy (non-hydrogen) atoms. The van der Waals surface area contributed by atoms with E-state index in [1.807, 2.05) is 25.4 Å². The smallest absolute Gasteiger partial charge is 0.193 e. The number of piperazine rings is 1. The molecular formula is C21H31IN6. The third kappa shape index (κ3) is 6.07. The van der Waals surface area contributed by atoms with Crippen molar-refractivity contribution in [3.63, 3.8) is 0 Å². The van der Waals surface area contributed by atoms with Gasteiger partial charge in [-0.15, -0.1) is 24.0 Å². The number of nitrogens with zero attached hydrogens (tertiary/aromatic N) is 5. The molecule has 1 fully saturated rings. The van der Waals surface area contributed by atoms with Crippen molar-refractivity contribution in [3.8, 4) is 0 Å². The van der Waals surface area contributed by atoms with Crippen LogP contribution in [-0.2, 0) is 13.1 Å². The summed E-state index contributed by atoms with van der Waals surface area (Å²) < 4.78 is 0. The van der Waals surface area contributed by atoms with Crippen molar-refractivity contribution < 1.29 is 0 Å². The quantitative estimate of drug-likeness (QED) is 0.394. The predicted octanol–water partition coefficient (Wildman–Crippen LogP) is 2.66. The maximum absolute atomic E-state index is 4.66. The average Bonchev–Trinajstić information content (AvgIpc) is 2.70. The van der Waals surface area contributed by atoms with Crippen LogP contribution in [0.25, 0.3) is 0 Å². The molecular weight excluding hydrogens is 463 g/mol. The van der Waals surface area contributed by atoms with Gasteiger partial charge in [-0.1, -0.05) is 36.4 Å². The molecule has 0 saturated carbocycles. The van der Waals surface area contributed by atoms with Crippen molar-refractivity contribution in [2.24, 2.45) is 4.99 Å². The highest BCUT2D eigenvalue weighted by Crippen LogP contribution is 2.18. The third-order valence-corrected chi connectivity index (χ3v) is 4.94. The topological polar surface area (TPSA) is 47.0 Å². The Balaban J connectivity index is 0.00000280. The first kappa shape index (κ1) is 22.4. The van der Waals surface area contributed by atoms with Gasteiger partial charge in [0, 0.05) is 65.1 Å². The van der Waals surface area contributed by atoms with Crippen LogP contribution in [0.4, 0.5) is 5.82 Å². The second kappa shape index (κ2) is 11.2. The largest absolute Gasteiger partial charge is 0.354 e. The zero-order valence-corrected chi connectivity index (χ0v) is 19.3. The Hall–Kier alpha value is -1.87. The Morgan fingerprint density at radius 3 is 2.50 bits per heavy atom. The fourth-order valence-corrected chi connectivity index (χ4v) is 3.36. The number of pyridine rings is 1. The monoisotopic (exact) mass is 494 g/mol. The molecule has 1 saturated heterocycles. The summed E-state index contributed by atoms with van der Waals surface area (Å²) in [5.74, 6) is 1.96. The number of hydrogen-bond acceptors (Lipinski definition) is 4. The van der Waals surface area contributed by atoms with Gasteiger partial charge >= 0.3 is 0 Å². The second-order valence-corrected chi connectivity index (χ2v) is 7.02. The summed E-state index contributed by atoms with van der Waals surface area (Å²) in [5, 5.41) is 3.49. The van der Waals surface area contributed by atoms with Crippen LogP contribution in [0, 0.1) is 0 Å². The molecule has 0 spiro atoms. The van der Waals surface area contributed by atoms with E-state index in [9.17, 15) is 0 Å². The first-order valence-corrected chi connectivity index (χ1v) is 9.50. The van der Waals surface area contributed by atoms with Gasteiger partial charge in [0.05, 0.1) is 0 Å². The van der Waals surface area contributed by atoms with Crippen LogP contribution in [-0.4, -0.2) is 68.1 Å². The van der Waals surface area contributed by atoms with Crippen molar-refractivity contribution in [1.82, 2.24) is 20.1 Å². The average molecular weight is 494 g/mol. The minimum Gasteiger partial charge on any atom is -0.354 e. The zero-order chi connectivity index (χ0) is 19.1. The Labute approximate surface area is 185 Å². The summed E-state index contributed by atoms with van der Waals surface area (Å²) in [4.78, 5) is 16.0. The summed E-state index contributed by atoms with van der Waals surface area (Å²) in [6.45, 7) is 5.71. The van der Waals surface area contributed by atoms with Crippen molar-refractivity contribution in [1.29, 1.82) is 0 Å². The maximum Gasteiger partial charge on any atom is 0.193 e. The molecule has 0 atom stereocenters. The molecule has 1 N–H and O–H groups in total. The Morgan fingerprint density at radius 1 is 1.11 bits per heavy atom. The lowest BCUT2D eigenvalue weighted by molar-refractivity contribution is 0.311. The van der Waals surface area contributed by atoms with Gasteiger partial charge in [-0.3, -0.25) is 4.99 Å². The van der Waals surface area contributed by atoms with Crippen molar-refractivity contribution in [3.05, 3.63) is 59.8 Å². The van der Waals surface area contributed by atoms with Gasteiger partial charge in [-0.25, -0.2) is 4.98 Å². The third-order valence-electron chi connectivity index (χ3n) is 4.94. The van der Waals surface area contributed by atoms with Crippen LogP contribution in [0.5, 0.6) is 0 Å². The zero-order valence-electron chi connectivity index (χ0n) is 17.0. The van der Waals surface area contributed by atoms with Crippen LogP contribution in [0.2, 0.25) is 0 Å². The van der Waals surface area contributed by atoms with E-state index in [2.05, 4.69) is 74.4 Å². The minimum atomic E-state index is 0. The number of hydrogen-bond donors (Lipinski definition) is 1. The summed E-state index contributed by atoms with van der Waals surface area (Å²) in [7, 11) is 6.06. The molecule has 1 aromatic heterocycles. The summed E-state index contributed by atoms with van der Waals surface area (Å²) >= 11 is 0. The molecule has 0 bridgehead atoms. The van der Waals surface area contributed by atoms with Crippen LogP contribution in [0.1, 0.15) is 11.1 Å². The number of aromatic nitrogens is 1. The van der Waals surface area contributed by atoms with Gasteiger partial charge in [0.15, 0.2) is 5.96 Å². The number of rotatable bonds is 5. The molecule has 1 aliphatic heterocycles. The molecule has 0 unspecified atom stereocenters. The highest BCUT2D eigenvalue weighted by Gasteiger charge is 2.18. The van der Waals surface area contributed by atoms with E-state index in [-0.39, 0.29) is 24.0 Å². The molecule has 2 heterocycles. The van der Waals surface area contributed by atoms with Crippen molar-refractivity contribution in [2.75, 3.05) is 52.2 Å². The lowest BCUT2D eigenvalue weighted by Gasteiger charge is -2.34. The SMILES string of the molecule is CN=C(NCc1cccnc1N1CCN(C)CC1)N(C)Cc1ccccc1.I. The lowest BCUT2D eigenvalue weighted by Crippen LogP contribution is -2.45. The van der Waals surface area contributed by atoms with Crippen molar-refractivity contribution in [2.45, 2.75) is 13.1 Å². The summed E-state index contributed by atoms with van der Waals surface area (Å²) in [6.07, 6.45) is 1.88. The predicted molar refractivity (Wildman–Crippen MR) is 127 cm³/mol. The Bertz CT molecular complexity index is 744. The van der Waals surface area contributed by atoms with E-state index in [1.165, 1.54) is 11.1 Å². The van der Waals surface area contributed by atoms with E-state index in [4.69, 9.17) is 0 Å². The van der Waals surface area contributed by atoms with Gasteiger partial charge in [0.2, 0.25) is 0 Å². The molecule has 6 nitrogen and oxygen atoms in total. The van der Waals surface area contributed by atoms with Crippen LogP contribution in [0.3, 0.4) is 0 Å². The number of nitrogens with one attached hydrogen (secondary N) is 1. The fourth-order valence-electron chi connectivity index (χ4n) is 3.36. The van der Waals surface area contributed by atoms with Crippen molar-refractivity contribution >= 4 is 35.8 Å². The number of halogens is 1. The van der Waals surface area contributed by atoms with Gasteiger partial charge in [-0.05, 0) is 18.7 Å². The van der Waals surface area contributed by atoms with Gasteiger partial charge < -0.3 is 20.0 Å². The Kier molecular flexibility index (Phi) is 8.98. The van der Waals surface area contributed by atoms with E-state index < -0.39 is 0 Å². The number of anilines is 1. The number of guanidine groups is 1. The molecule has 0 aliphatic carbocycles. The molecule has 3 rings (SSSR count). The van der Waals surface area contributed by atoms with Crippen LogP contribution in [0.15, 0.2) is 53.7 Å². The molecule has 0 radical (unpaired) electrons. The lowest BCUT2D eigenvalue weighted by atomic mass is 10.2. The van der Waals surface area contributed by atoms with E-state index in [1.54, 1.807) is 0 Å². The van der Waals surface area contributed by atoms with E-state index >= 15 is 0 Å². The molecule has 152 valence electrons. The maximum atomic E-state index is 4.66. The van der Waals surface area contributed by atoms with Crippen LogP contribution < -0.4 is 10.2 Å². The van der Waals surface area contributed by atoms with Gasteiger partial charge in [0.25, 0.3) is 0 Å². The molecule has 1 aliphatic rings. The highest BCUT2D eigenvalue weighted by molar-refractivity contribution is 14.0. The first-order valence-electron chi connectivity index (χ1n) is 9.50. The fraction of sp³-hybridized carbons (Fsp3) is 0.429. The van der Waals surface area contributed by atoms with E-state index in [0.717, 1.165) is 44.5 Å². The summed E-state index contributed by atoms with van der Waals surface area (Å²) in [5.41, 5.74) is 2.47.